The lowest BCUT2D eigenvalue weighted by Gasteiger charge is -2.15. The maximum atomic E-state index is 12.4. The van der Waals surface area contributed by atoms with Crippen molar-refractivity contribution in [2.75, 3.05) is 13.7 Å². The standard InChI is InChI=1S/C23H26N2O2/c1-16(2)21-14-19(17(3)12-22(21)27-4)13-20(15-24)23(26)25-11-10-18-8-6-5-7-9-18/h5-9,12-14,16H,10-11H2,1-4H3,(H,25,26)/b20-13+. The van der Waals surface area contributed by atoms with E-state index in [9.17, 15) is 10.1 Å². The molecule has 2 aromatic rings. The van der Waals surface area contributed by atoms with Crippen molar-refractivity contribution in [3.8, 4) is 11.8 Å². The summed E-state index contributed by atoms with van der Waals surface area (Å²) in [6.45, 7) is 6.60. The van der Waals surface area contributed by atoms with Crippen LogP contribution in [-0.2, 0) is 11.2 Å². The monoisotopic (exact) mass is 362 g/mol. The first-order chi connectivity index (χ1) is 13.0. The summed E-state index contributed by atoms with van der Waals surface area (Å²) in [5.74, 6) is 0.748. The summed E-state index contributed by atoms with van der Waals surface area (Å²) in [7, 11) is 1.65. The van der Waals surface area contributed by atoms with Crippen LogP contribution in [0, 0.1) is 18.3 Å². The van der Waals surface area contributed by atoms with Crippen molar-refractivity contribution in [3.63, 3.8) is 0 Å². The first-order valence-electron chi connectivity index (χ1n) is 9.08. The SMILES string of the molecule is COc1cc(C)c(/C=C(\C#N)C(=O)NCCc2ccccc2)cc1C(C)C. The summed E-state index contributed by atoms with van der Waals surface area (Å²) in [4.78, 5) is 12.4. The van der Waals surface area contributed by atoms with Gasteiger partial charge in [-0.3, -0.25) is 4.79 Å². The van der Waals surface area contributed by atoms with Gasteiger partial charge in [-0.05, 0) is 59.7 Å². The Morgan fingerprint density at radius 1 is 1.26 bits per heavy atom. The van der Waals surface area contributed by atoms with Crippen LogP contribution in [0.25, 0.3) is 6.08 Å². The molecule has 0 aliphatic carbocycles. The highest BCUT2D eigenvalue weighted by Gasteiger charge is 2.13. The van der Waals surface area contributed by atoms with Gasteiger partial charge in [-0.25, -0.2) is 0 Å². The van der Waals surface area contributed by atoms with Crippen molar-refractivity contribution >= 4 is 12.0 Å². The average Bonchev–Trinajstić information content (AvgIpc) is 2.67. The molecule has 0 aromatic heterocycles. The van der Waals surface area contributed by atoms with Gasteiger partial charge in [0.2, 0.25) is 0 Å². The number of rotatable bonds is 7. The zero-order valence-corrected chi connectivity index (χ0v) is 16.4. The molecule has 0 aliphatic heterocycles. The van der Waals surface area contributed by atoms with Gasteiger partial charge in [-0.1, -0.05) is 44.2 Å². The van der Waals surface area contributed by atoms with E-state index in [2.05, 4.69) is 19.2 Å². The number of nitriles is 1. The van der Waals surface area contributed by atoms with E-state index in [4.69, 9.17) is 4.74 Å². The van der Waals surface area contributed by atoms with Crippen LogP contribution in [-0.4, -0.2) is 19.6 Å². The normalized spacial score (nSPS) is 11.2. The summed E-state index contributed by atoms with van der Waals surface area (Å²) in [5.41, 5.74) is 4.12. The molecule has 4 nitrogen and oxygen atoms in total. The molecule has 1 amide bonds. The lowest BCUT2D eigenvalue weighted by molar-refractivity contribution is -0.117. The Hall–Kier alpha value is -3.06. The van der Waals surface area contributed by atoms with Crippen LogP contribution in [0.4, 0.5) is 0 Å². The third-order valence-corrected chi connectivity index (χ3v) is 4.45. The number of carbonyl (C=O) groups is 1. The maximum Gasteiger partial charge on any atom is 0.261 e. The lowest BCUT2D eigenvalue weighted by Crippen LogP contribution is -2.26. The second-order valence-electron chi connectivity index (χ2n) is 6.77. The van der Waals surface area contributed by atoms with Gasteiger partial charge in [0.25, 0.3) is 5.91 Å². The molecule has 140 valence electrons. The molecule has 0 heterocycles. The number of nitrogens with zero attached hydrogens (tertiary/aromatic N) is 1. The third kappa shape index (κ3) is 5.46. The zero-order valence-electron chi connectivity index (χ0n) is 16.4. The van der Waals surface area contributed by atoms with Crippen molar-refractivity contribution in [2.45, 2.75) is 33.1 Å². The van der Waals surface area contributed by atoms with Gasteiger partial charge < -0.3 is 10.1 Å². The molecule has 0 bridgehead atoms. The highest BCUT2D eigenvalue weighted by atomic mass is 16.5. The average molecular weight is 362 g/mol. The molecule has 2 aromatic carbocycles. The molecule has 0 saturated carbocycles. The zero-order chi connectivity index (χ0) is 19.8. The predicted octanol–water partition coefficient (Wildman–Crippen LogP) is 4.39. The van der Waals surface area contributed by atoms with Crippen LogP contribution < -0.4 is 10.1 Å². The summed E-state index contributed by atoms with van der Waals surface area (Å²) in [6.07, 6.45) is 2.38. The summed E-state index contributed by atoms with van der Waals surface area (Å²) < 4.78 is 5.45. The number of carbonyl (C=O) groups excluding carboxylic acids is 1. The highest BCUT2D eigenvalue weighted by molar-refractivity contribution is 6.01. The van der Waals surface area contributed by atoms with Crippen molar-refractivity contribution in [2.24, 2.45) is 0 Å². The van der Waals surface area contributed by atoms with Crippen LogP contribution in [0.1, 0.15) is 42.0 Å². The first kappa shape index (κ1) is 20.3. The second-order valence-corrected chi connectivity index (χ2v) is 6.77. The highest BCUT2D eigenvalue weighted by Crippen LogP contribution is 2.30. The smallest absolute Gasteiger partial charge is 0.261 e. The fourth-order valence-electron chi connectivity index (χ4n) is 2.86. The summed E-state index contributed by atoms with van der Waals surface area (Å²) in [5, 5.41) is 12.3. The number of aryl methyl sites for hydroxylation is 1. The Morgan fingerprint density at radius 2 is 1.96 bits per heavy atom. The molecule has 27 heavy (non-hydrogen) atoms. The summed E-state index contributed by atoms with van der Waals surface area (Å²) in [6, 6.07) is 15.9. The Kier molecular flexibility index (Phi) is 7.19. The van der Waals surface area contributed by atoms with Gasteiger partial charge in [-0.2, -0.15) is 5.26 Å². The van der Waals surface area contributed by atoms with Crippen molar-refractivity contribution in [1.82, 2.24) is 5.32 Å². The van der Waals surface area contributed by atoms with Crippen LogP contribution in [0.5, 0.6) is 5.75 Å². The van der Waals surface area contributed by atoms with E-state index in [0.29, 0.717) is 6.54 Å². The Labute approximate surface area is 161 Å². The van der Waals surface area contributed by atoms with Gasteiger partial charge in [0, 0.05) is 6.54 Å². The van der Waals surface area contributed by atoms with Gasteiger partial charge in [0.15, 0.2) is 0 Å². The minimum Gasteiger partial charge on any atom is -0.496 e. The minimum atomic E-state index is -0.352. The predicted molar refractivity (Wildman–Crippen MR) is 109 cm³/mol. The number of hydrogen-bond donors (Lipinski definition) is 1. The number of nitrogens with one attached hydrogen (secondary N) is 1. The number of benzene rings is 2. The van der Waals surface area contributed by atoms with Crippen LogP contribution in [0.15, 0.2) is 48.0 Å². The maximum absolute atomic E-state index is 12.4. The summed E-state index contributed by atoms with van der Waals surface area (Å²) >= 11 is 0. The molecule has 0 aliphatic rings. The van der Waals surface area contributed by atoms with E-state index in [1.165, 1.54) is 0 Å². The van der Waals surface area contributed by atoms with Gasteiger partial charge >= 0.3 is 0 Å². The van der Waals surface area contributed by atoms with Gasteiger partial charge in [0.1, 0.15) is 17.4 Å². The quantitative estimate of drug-likeness (QED) is 0.587. The molecular weight excluding hydrogens is 336 g/mol. The van der Waals surface area contributed by atoms with Crippen molar-refractivity contribution in [3.05, 3.63) is 70.3 Å². The Bertz CT molecular complexity index is 862. The van der Waals surface area contributed by atoms with Crippen LogP contribution >= 0.6 is 0 Å². The van der Waals surface area contributed by atoms with E-state index >= 15 is 0 Å². The van der Waals surface area contributed by atoms with E-state index in [-0.39, 0.29) is 17.4 Å². The Morgan fingerprint density at radius 3 is 2.56 bits per heavy atom. The number of amides is 1. The minimum absolute atomic E-state index is 0.103. The first-order valence-corrected chi connectivity index (χ1v) is 9.08. The topological polar surface area (TPSA) is 62.1 Å². The Balaban J connectivity index is 2.16. The number of methoxy groups -OCH3 is 1. The number of ether oxygens (including phenoxy) is 1. The van der Waals surface area contributed by atoms with E-state index in [1.807, 2.05) is 55.5 Å². The van der Waals surface area contributed by atoms with Crippen molar-refractivity contribution in [1.29, 1.82) is 5.26 Å². The van der Waals surface area contributed by atoms with Gasteiger partial charge in [-0.15, -0.1) is 0 Å². The van der Waals surface area contributed by atoms with E-state index in [0.717, 1.165) is 34.4 Å². The fraction of sp³-hybridized carbons (Fsp3) is 0.304. The second kappa shape index (κ2) is 9.59. The van der Waals surface area contributed by atoms with Crippen molar-refractivity contribution < 1.29 is 9.53 Å². The van der Waals surface area contributed by atoms with E-state index in [1.54, 1.807) is 13.2 Å². The van der Waals surface area contributed by atoms with Crippen LogP contribution in [0.3, 0.4) is 0 Å². The third-order valence-electron chi connectivity index (χ3n) is 4.45. The molecule has 0 radical (unpaired) electrons. The molecule has 0 saturated heterocycles. The molecule has 1 N–H and O–H groups in total. The molecule has 2 rings (SSSR count). The molecular formula is C23H26N2O2. The molecule has 0 atom stereocenters. The lowest BCUT2D eigenvalue weighted by atomic mass is 9.95. The largest absolute Gasteiger partial charge is 0.496 e. The van der Waals surface area contributed by atoms with E-state index < -0.39 is 0 Å². The molecule has 4 heteroatoms. The molecule has 0 spiro atoms. The molecule has 0 fully saturated rings. The van der Waals surface area contributed by atoms with Crippen LogP contribution in [0.2, 0.25) is 0 Å². The fourth-order valence-corrected chi connectivity index (χ4v) is 2.86. The molecule has 0 unspecified atom stereocenters. The number of hydrogen-bond acceptors (Lipinski definition) is 3. The van der Waals surface area contributed by atoms with Gasteiger partial charge in [0.05, 0.1) is 7.11 Å².